The van der Waals surface area contributed by atoms with E-state index in [-0.39, 0.29) is 5.78 Å². The number of methoxy groups -OCH3 is 1. The van der Waals surface area contributed by atoms with Gasteiger partial charge in [-0.2, -0.15) is 0 Å². The van der Waals surface area contributed by atoms with Crippen LogP contribution in [0.25, 0.3) is 0 Å². The number of hydrogen-bond donors (Lipinski definition) is 0. The van der Waals surface area contributed by atoms with Crippen LogP contribution in [-0.2, 0) is 11.8 Å². The highest BCUT2D eigenvalue weighted by molar-refractivity contribution is 6.06. The number of carbonyl (C=O) groups is 1. The van der Waals surface area contributed by atoms with Crippen molar-refractivity contribution in [3.8, 4) is 5.75 Å². The summed E-state index contributed by atoms with van der Waals surface area (Å²) in [6.07, 6.45) is 1.61. The van der Waals surface area contributed by atoms with Gasteiger partial charge in [0.15, 0.2) is 5.78 Å². The minimum absolute atomic E-state index is 0.0798. The third-order valence-electron chi connectivity index (χ3n) is 4.41. The van der Waals surface area contributed by atoms with E-state index in [2.05, 4.69) is 6.07 Å². The topological polar surface area (TPSA) is 26.3 Å². The molecular weight excluding hydrogens is 267 g/mol. The molecule has 1 atom stereocenters. The Hall–Kier alpha value is -2.16. The average molecular weight is 284 g/mol. The zero-order valence-corrected chi connectivity index (χ0v) is 12.2. The van der Waals surface area contributed by atoms with E-state index in [4.69, 9.17) is 4.74 Å². The van der Waals surface area contributed by atoms with Gasteiger partial charge in [0.1, 0.15) is 11.6 Å². The minimum Gasteiger partial charge on any atom is -0.496 e. The van der Waals surface area contributed by atoms with E-state index in [1.807, 2.05) is 25.1 Å². The molecule has 2 nitrogen and oxygen atoms in total. The van der Waals surface area contributed by atoms with Crippen LogP contribution >= 0.6 is 0 Å². The van der Waals surface area contributed by atoms with Crippen LogP contribution in [0.2, 0.25) is 0 Å². The fourth-order valence-electron chi connectivity index (χ4n) is 3.19. The van der Waals surface area contributed by atoms with Gasteiger partial charge in [0.25, 0.3) is 0 Å². The monoisotopic (exact) mass is 284 g/mol. The van der Waals surface area contributed by atoms with Crippen molar-refractivity contribution < 1.29 is 13.9 Å². The van der Waals surface area contributed by atoms with Crippen LogP contribution in [-0.4, -0.2) is 12.9 Å². The Morgan fingerprint density at radius 3 is 2.76 bits per heavy atom. The van der Waals surface area contributed by atoms with Crippen LogP contribution < -0.4 is 4.74 Å². The Morgan fingerprint density at radius 1 is 1.24 bits per heavy atom. The lowest BCUT2D eigenvalue weighted by molar-refractivity contribution is 0.0893. The van der Waals surface area contributed by atoms with Gasteiger partial charge >= 0.3 is 0 Å². The van der Waals surface area contributed by atoms with E-state index in [9.17, 15) is 9.18 Å². The maximum absolute atomic E-state index is 13.5. The summed E-state index contributed by atoms with van der Waals surface area (Å²) in [6.45, 7) is 1.94. The van der Waals surface area contributed by atoms with Crippen LogP contribution in [0.4, 0.5) is 4.39 Å². The lowest BCUT2D eigenvalue weighted by Crippen LogP contribution is -2.30. The van der Waals surface area contributed by atoms with Crippen molar-refractivity contribution in [3.63, 3.8) is 0 Å². The smallest absolute Gasteiger partial charge is 0.176 e. The van der Waals surface area contributed by atoms with Crippen LogP contribution in [0, 0.1) is 5.82 Å². The van der Waals surface area contributed by atoms with Gasteiger partial charge in [-0.1, -0.05) is 24.3 Å². The first-order valence-electron chi connectivity index (χ1n) is 7.03. The molecule has 1 aliphatic carbocycles. The Kier molecular flexibility index (Phi) is 3.28. The highest BCUT2D eigenvalue weighted by Crippen LogP contribution is 2.42. The normalized spacial score (nSPS) is 20.1. The lowest BCUT2D eigenvalue weighted by atomic mass is 9.77. The van der Waals surface area contributed by atoms with Gasteiger partial charge in [-0.05, 0) is 49.1 Å². The van der Waals surface area contributed by atoms with Gasteiger partial charge in [-0.25, -0.2) is 4.39 Å². The fraction of sp³-hybridized carbons (Fsp3) is 0.278. The van der Waals surface area contributed by atoms with Gasteiger partial charge in [0.2, 0.25) is 0 Å². The van der Waals surface area contributed by atoms with Crippen molar-refractivity contribution in [1.82, 2.24) is 0 Å². The third kappa shape index (κ3) is 2.13. The molecule has 0 radical (unpaired) electrons. The summed E-state index contributed by atoms with van der Waals surface area (Å²) in [6, 6.07) is 12.1. The first kappa shape index (κ1) is 13.8. The molecule has 0 bridgehead atoms. The summed E-state index contributed by atoms with van der Waals surface area (Å²) in [5.74, 6) is -0.0789. The van der Waals surface area contributed by atoms with E-state index in [1.165, 1.54) is 30.9 Å². The van der Waals surface area contributed by atoms with Crippen molar-refractivity contribution in [2.75, 3.05) is 7.11 Å². The van der Waals surface area contributed by atoms with Crippen molar-refractivity contribution in [2.45, 2.75) is 25.2 Å². The van der Waals surface area contributed by atoms with Crippen molar-refractivity contribution in [1.29, 1.82) is 0 Å². The molecule has 0 amide bonds. The average Bonchev–Trinajstić information content (AvgIpc) is 2.85. The molecule has 1 aliphatic rings. The number of carbonyl (C=O) groups excluding carboxylic acids is 1. The SMILES string of the molecule is COc1ccc(F)cc1C(=O)[C@@]1(C)CCc2ccccc21. The van der Waals surface area contributed by atoms with Crippen LogP contribution in [0.1, 0.15) is 34.8 Å². The second-order valence-electron chi connectivity index (χ2n) is 5.66. The van der Waals surface area contributed by atoms with E-state index < -0.39 is 11.2 Å². The quantitative estimate of drug-likeness (QED) is 0.798. The Balaban J connectivity index is 2.09. The number of aryl methyl sites for hydroxylation is 1. The van der Waals surface area contributed by atoms with Gasteiger partial charge in [0.05, 0.1) is 18.1 Å². The molecule has 3 rings (SSSR count). The number of benzene rings is 2. The summed E-state index contributed by atoms with van der Waals surface area (Å²) in [7, 11) is 1.49. The molecule has 2 aromatic rings. The summed E-state index contributed by atoms with van der Waals surface area (Å²) >= 11 is 0. The van der Waals surface area contributed by atoms with Gasteiger partial charge in [-0.3, -0.25) is 4.79 Å². The van der Waals surface area contributed by atoms with Gasteiger partial charge < -0.3 is 4.74 Å². The molecule has 0 unspecified atom stereocenters. The molecule has 108 valence electrons. The van der Waals surface area contributed by atoms with Gasteiger partial charge in [0, 0.05) is 0 Å². The molecule has 0 aromatic heterocycles. The number of fused-ring (bicyclic) bond motifs is 1. The van der Waals surface area contributed by atoms with Crippen molar-refractivity contribution in [3.05, 3.63) is 65.0 Å². The molecule has 0 heterocycles. The summed E-state index contributed by atoms with van der Waals surface area (Å²) < 4.78 is 18.8. The molecule has 2 aromatic carbocycles. The van der Waals surface area contributed by atoms with E-state index in [1.54, 1.807) is 0 Å². The number of ether oxygens (including phenoxy) is 1. The van der Waals surface area contributed by atoms with E-state index in [0.29, 0.717) is 11.3 Å². The molecular formula is C18H17FO2. The van der Waals surface area contributed by atoms with Gasteiger partial charge in [-0.15, -0.1) is 0 Å². The third-order valence-corrected chi connectivity index (χ3v) is 4.41. The number of ketones is 1. The molecule has 0 spiro atoms. The fourth-order valence-corrected chi connectivity index (χ4v) is 3.19. The predicted molar refractivity (Wildman–Crippen MR) is 79.4 cm³/mol. The predicted octanol–water partition coefficient (Wildman–Crippen LogP) is 3.92. The Labute approximate surface area is 123 Å². The molecule has 3 heteroatoms. The van der Waals surface area contributed by atoms with Crippen LogP contribution in [0.3, 0.4) is 0 Å². The van der Waals surface area contributed by atoms with Crippen molar-refractivity contribution in [2.24, 2.45) is 0 Å². The van der Waals surface area contributed by atoms with Crippen LogP contribution in [0.5, 0.6) is 5.75 Å². The van der Waals surface area contributed by atoms with E-state index >= 15 is 0 Å². The Morgan fingerprint density at radius 2 is 2.00 bits per heavy atom. The molecule has 0 saturated carbocycles. The summed E-state index contributed by atoms with van der Waals surface area (Å²) in [5, 5.41) is 0. The number of rotatable bonds is 3. The maximum Gasteiger partial charge on any atom is 0.176 e. The number of halogens is 1. The first-order chi connectivity index (χ1) is 10.1. The molecule has 0 fully saturated rings. The number of Topliss-reactive ketones (excluding diaryl/α,β-unsaturated/α-hetero) is 1. The summed E-state index contributed by atoms with van der Waals surface area (Å²) in [4.78, 5) is 13.0. The summed E-state index contributed by atoms with van der Waals surface area (Å²) in [5.41, 5.74) is 1.94. The molecule has 0 saturated heterocycles. The molecule has 21 heavy (non-hydrogen) atoms. The molecule has 0 aliphatic heterocycles. The van der Waals surface area contributed by atoms with Crippen molar-refractivity contribution >= 4 is 5.78 Å². The largest absolute Gasteiger partial charge is 0.496 e. The first-order valence-corrected chi connectivity index (χ1v) is 7.03. The van der Waals surface area contributed by atoms with Crippen LogP contribution in [0.15, 0.2) is 42.5 Å². The highest BCUT2D eigenvalue weighted by Gasteiger charge is 2.42. The second-order valence-corrected chi connectivity index (χ2v) is 5.66. The maximum atomic E-state index is 13.5. The second kappa shape index (κ2) is 4.99. The zero-order valence-electron chi connectivity index (χ0n) is 12.2. The molecule has 0 N–H and O–H groups in total. The highest BCUT2D eigenvalue weighted by atomic mass is 19.1. The lowest BCUT2D eigenvalue weighted by Gasteiger charge is -2.25. The number of hydrogen-bond acceptors (Lipinski definition) is 2. The zero-order chi connectivity index (χ0) is 15.0. The van der Waals surface area contributed by atoms with E-state index in [0.717, 1.165) is 18.4 Å². The minimum atomic E-state index is -0.613. The Bertz CT molecular complexity index is 708. The standard InChI is InChI=1S/C18H17FO2/c1-18(10-9-12-5-3-4-6-15(12)18)17(20)14-11-13(19)7-8-16(14)21-2/h3-8,11H,9-10H2,1-2H3/t18-/m0/s1.